The van der Waals surface area contributed by atoms with E-state index in [1.807, 2.05) is 24.3 Å². The first-order chi connectivity index (χ1) is 8.18. The predicted octanol–water partition coefficient (Wildman–Crippen LogP) is 3.28. The molecule has 0 amide bonds. The van der Waals surface area contributed by atoms with Gasteiger partial charge in [0.25, 0.3) is 0 Å². The van der Waals surface area contributed by atoms with Crippen LogP contribution >= 0.6 is 11.6 Å². The van der Waals surface area contributed by atoms with Crippen molar-refractivity contribution in [2.45, 2.75) is 44.2 Å². The van der Waals surface area contributed by atoms with Crippen LogP contribution in [0.25, 0.3) is 0 Å². The van der Waals surface area contributed by atoms with E-state index in [-0.39, 0.29) is 6.04 Å². The van der Waals surface area contributed by atoms with Crippen LogP contribution < -0.4 is 5.73 Å². The molecule has 0 heterocycles. The molecule has 17 heavy (non-hydrogen) atoms. The molecule has 0 saturated heterocycles. The van der Waals surface area contributed by atoms with E-state index in [9.17, 15) is 5.11 Å². The van der Waals surface area contributed by atoms with E-state index < -0.39 is 6.10 Å². The highest BCUT2D eigenvalue weighted by Crippen LogP contribution is 2.31. The van der Waals surface area contributed by atoms with Gasteiger partial charge in [0.2, 0.25) is 0 Å². The summed E-state index contributed by atoms with van der Waals surface area (Å²) >= 11 is 5.94. The second-order valence-corrected chi connectivity index (χ2v) is 5.41. The van der Waals surface area contributed by atoms with Gasteiger partial charge in [-0.2, -0.15) is 0 Å². The minimum absolute atomic E-state index is 0.322. The van der Waals surface area contributed by atoms with Gasteiger partial charge in [-0.15, -0.1) is 0 Å². The molecule has 0 unspecified atom stereocenters. The molecule has 1 aromatic carbocycles. The summed E-state index contributed by atoms with van der Waals surface area (Å²) in [6.45, 7) is 0. The largest absolute Gasteiger partial charge is 0.391 e. The lowest BCUT2D eigenvalue weighted by Crippen LogP contribution is -2.34. The number of rotatable bonds is 3. The SMILES string of the molecule is N[C@@H](c1cccc(Cl)c1)[C@H](O)C1CCCCC1. The molecule has 1 saturated carbocycles. The van der Waals surface area contributed by atoms with Crippen molar-refractivity contribution in [1.29, 1.82) is 0 Å². The summed E-state index contributed by atoms with van der Waals surface area (Å²) in [4.78, 5) is 0. The van der Waals surface area contributed by atoms with Crippen molar-refractivity contribution < 1.29 is 5.11 Å². The van der Waals surface area contributed by atoms with Gasteiger partial charge < -0.3 is 10.8 Å². The minimum atomic E-state index is -0.450. The average Bonchev–Trinajstić information content (AvgIpc) is 2.38. The highest BCUT2D eigenvalue weighted by molar-refractivity contribution is 6.30. The Labute approximate surface area is 108 Å². The number of hydrogen-bond donors (Lipinski definition) is 2. The first kappa shape index (κ1) is 12.9. The molecule has 3 heteroatoms. The summed E-state index contributed by atoms with van der Waals surface area (Å²) in [6, 6.07) is 7.16. The molecule has 1 aliphatic carbocycles. The fourth-order valence-electron chi connectivity index (χ4n) is 2.68. The van der Waals surface area contributed by atoms with E-state index >= 15 is 0 Å². The zero-order chi connectivity index (χ0) is 12.3. The van der Waals surface area contributed by atoms with Gasteiger partial charge in [-0.05, 0) is 36.5 Å². The van der Waals surface area contributed by atoms with Crippen molar-refractivity contribution in [2.75, 3.05) is 0 Å². The van der Waals surface area contributed by atoms with E-state index in [2.05, 4.69) is 0 Å². The minimum Gasteiger partial charge on any atom is -0.391 e. The molecule has 2 rings (SSSR count). The Balaban J connectivity index is 2.05. The summed E-state index contributed by atoms with van der Waals surface area (Å²) in [7, 11) is 0. The van der Waals surface area contributed by atoms with Gasteiger partial charge in [0, 0.05) is 5.02 Å². The van der Waals surface area contributed by atoms with Gasteiger partial charge in [0.1, 0.15) is 0 Å². The van der Waals surface area contributed by atoms with E-state index in [0.29, 0.717) is 10.9 Å². The smallest absolute Gasteiger partial charge is 0.0760 e. The van der Waals surface area contributed by atoms with Gasteiger partial charge in [-0.3, -0.25) is 0 Å². The van der Waals surface area contributed by atoms with E-state index in [4.69, 9.17) is 17.3 Å². The average molecular weight is 254 g/mol. The number of halogens is 1. The number of aliphatic hydroxyl groups excluding tert-OH is 1. The fourth-order valence-corrected chi connectivity index (χ4v) is 2.88. The summed E-state index contributed by atoms with van der Waals surface area (Å²) in [5.41, 5.74) is 7.06. The van der Waals surface area contributed by atoms with E-state index in [1.165, 1.54) is 19.3 Å². The number of hydrogen-bond acceptors (Lipinski definition) is 2. The zero-order valence-corrected chi connectivity index (χ0v) is 10.7. The lowest BCUT2D eigenvalue weighted by Gasteiger charge is -2.30. The molecule has 3 N–H and O–H groups in total. The van der Waals surface area contributed by atoms with Crippen molar-refractivity contribution in [1.82, 2.24) is 0 Å². The highest BCUT2D eigenvalue weighted by atomic mass is 35.5. The summed E-state index contributed by atoms with van der Waals surface area (Å²) in [5, 5.41) is 11.0. The summed E-state index contributed by atoms with van der Waals surface area (Å²) in [6.07, 6.45) is 5.45. The standard InChI is InChI=1S/C14H20ClNO/c15-12-8-4-7-11(9-12)13(16)14(17)10-5-2-1-3-6-10/h4,7-10,13-14,17H,1-3,5-6,16H2/t13-,14+/m0/s1. The highest BCUT2D eigenvalue weighted by Gasteiger charge is 2.27. The van der Waals surface area contributed by atoms with Crippen LogP contribution in [0.3, 0.4) is 0 Å². The molecule has 0 spiro atoms. The van der Waals surface area contributed by atoms with Gasteiger partial charge in [-0.25, -0.2) is 0 Å². The van der Waals surface area contributed by atoms with Gasteiger partial charge in [0.15, 0.2) is 0 Å². The fraction of sp³-hybridized carbons (Fsp3) is 0.571. The molecular formula is C14H20ClNO. The monoisotopic (exact) mass is 253 g/mol. The summed E-state index contributed by atoms with van der Waals surface area (Å²) in [5.74, 6) is 0.345. The number of aliphatic hydroxyl groups is 1. The molecule has 2 atom stereocenters. The van der Waals surface area contributed by atoms with Crippen molar-refractivity contribution in [3.05, 3.63) is 34.9 Å². The first-order valence-electron chi connectivity index (χ1n) is 6.37. The van der Waals surface area contributed by atoms with Crippen LogP contribution in [0.1, 0.15) is 43.7 Å². The Bertz CT molecular complexity index is 363. The lowest BCUT2D eigenvalue weighted by molar-refractivity contribution is 0.0618. The van der Waals surface area contributed by atoms with Crippen LogP contribution in [0.5, 0.6) is 0 Å². The quantitative estimate of drug-likeness (QED) is 0.869. The van der Waals surface area contributed by atoms with E-state index in [0.717, 1.165) is 18.4 Å². The Morgan fingerprint density at radius 3 is 2.59 bits per heavy atom. The molecule has 0 aromatic heterocycles. The van der Waals surface area contributed by atoms with Crippen LogP contribution in [-0.4, -0.2) is 11.2 Å². The number of benzene rings is 1. The van der Waals surface area contributed by atoms with Gasteiger partial charge in [-0.1, -0.05) is 43.0 Å². The Hall–Kier alpha value is -0.570. The second-order valence-electron chi connectivity index (χ2n) is 4.97. The van der Waals surface area contributed by atoms with Crippen LogP contribution in [0.2, 0.25) is 5.02 Å². The second kappa shape index (κ2) is 5.85. The maximum atomic E-state index is 10.3. The molecule has 94 valence electrons. The molecule has 0 radical (unpaired) electrons. The maximum absolute atomic E-state index is 10.3. The number of nitrogens with two attached hydrogens (primary N) is 1. The molecule has 0 bridgehead atoms. The topological polar surface area (TPSA) is 46.2 Å². The van der Waals surface area contributed by atoms with Crippen LogP contribution in [0, 0.1) is 5.92 Å². The molecule has 0 aliphatic heterocycles. The van der Waals surface area contributed by atoms with Gasteiger partial charge >= 0.3 is 0 Å². The zero-order valence-electron chi connectivity index (χ0n) is 9.98. The third kappa shape index (κ3) is 3.21. The third-order valence-corrected chi connectivity index (χ3v) is 3.97. The molecule has 1 fully saturated rings. The third-order valence-electron chi connectivity index (χ3n) is 3.73. The summed E-state index contributed by atoms with van der Waals surface area (Å²) < 4.78 is 0. The molecule has 1 aromatic rings. The van der Waals surface area contributed by atoms with Crippen molar-refractivity contribution in [3.63, 3.8) is 0 Å². The maximum Gasteiger partial charge on any atom is 0.0760 e. The molecule has 1 aliphatic rings. The van der Waals surface area contributed by atoms with Crippen LogP contribution in [0.15, 0.2) is 24.3 Å². The predicted molar refractivity (Wildman–Crippen MR) is 71.0 cm³/mol. The van der Waals surface area contributed by atoms with Crippen LogP contribution in [0.4, 0.5) is 0 Å². The normalized spacial score (nSPS) is 21.1. The Morgan fingerprint density at radius 2 is 1.94 bits per heavy atom. The first-order valence-corrected chi connectivity index (χ1v) is 6.75. The Kier molecular flexibility index (Phi) is 4.43. The van der Waals surface area contributed by atoms with E-state index in [1.54, 1.807) is 0 Å². The molecule has 2 nitrogen and oxygen atoms in total. The van der Waals surface area contributed by atoms with Crippen molar-refractivity contribution in [2.24, 2.45) is 11.7 Å². The lowest BCUT2D eigenvalue weighted by atomic mass is 9.81. The van der Waals surface area contributed by atoms with Crippen LogP contribution in [-0.2, 0) is 0 Å². The Morgan fingerprint density at radius 1 is 1.24 bits per heavy atom. The van der Waals surface area contributed by atoms with Crippen molar-refractivity contribution in [3.8, 4) is 0 Å². The van der Waals surface area contributed by atoms with Gasteiger partial charge in [0.05, 0.1) is 12.1 Å². The molecular weight excluding hydrogens is 234 g/mol. The van der Waals surface area contributed by atoms with Crippen molar-refractivity contribution >= 4 is 11.6 Å².